The van der Waals surface area contributed by atoms with E-state index >= 15 is 0 Å². The van der Waals surface area contributed by atoms with Gasteiger partial charge in [0.2, 0.25) is 0 Å². The van der Waals surface area contributed by atoms with Gasteiger partial charge in [0.25, 0.3) is 0 Å². The van der Waals surface area contributed by atoms with Crippen molar-refractivity contribution in [3.8, 4) is 0 Å². The molecule has 3 nitrogen and oxygen atoms in total. The highest BCUT2D eigenvalue weighted by molar-refractivity contribution is 4.64. The molecule has 0 radical (unpaired) electrons. The summed E-state index contributed by atoms with van der Waals surface area (Å²) in [6.07, 6.45) is 14.4. The third-order valence-electron chi connectivity index (χ3n) is 3.50. The largest absolute Gasteiger partial charge is 0.388 e. The van der Waals surface area contributed by atoms with Crippen LogP contribution in [-0.2, 0) is 9.47 Å². The van der Waals surface area contributed by atoms with Crippen LogP contribution in [0.5, 0.6) is 0 Å². The molecular formula is C18H36O3. The number of rotatable bonds is 17. The summed E-state index contributed by atoms with van der Waals surface area (Å²) >= 11 is 0. The maximum Gasteiger partial charge on any atom is 0.101 e. The minimum atomic E-state index is -0.520. The minimum absolute atomic E-state index is 0.323. The highest BCUT2D eigenvalue weighted by atomic mass is 16.5. The summed E-state index contributed by atoms with van der Waals surface area (Å²) in [4.78, 5) is 0. The zero-order chi connectivity index (χ0) is 15.6. The predicted octanol–water partition coefficient (Wildman–Crippen LogP) is 4.49. The van der Waals surface area contributed by atoms with Crippen LogP contribution in [-0.4, -0.2) is 37.6 Å². The number of hydrogen-bond acceptors (Lipinski definition) is 3. The number of ether oxygens (including phenoxy) is 2. The second kappa shape index (κ2) is 17.7. The van der Waals surface area contributed by atoms with Crippen LogP contribution in [0.3, 0.4) is 0 Å². The Morgan fingerprint density at radius 3 is 1.95 bits per heavy atom. The number of aliphatic hydroxyl groups excluding tert-OH is 1. The zero-order valence-corrected chi connectivity index (χ0v) is 14.0. The standard InChI is InChI=1S/C18H36O3/c1-3-5-6-7-8-9-10-11-12-13-15-21-17-18(19)16-20-14-4-2/h4,18-19H,2-3,5-17H2,1H3/t18-/m1/s1. The Morgan fingerprint density at radius 1 is 0.857 bits per heavy atom. The smallest absolute Gasteiger partial charge is 0.101 e. The second-order valence-corrected chi connectivity index (χ2v) is 5.74. The van der Waals surface area contributed by atoms with Crippen LogP contribution in [0.1, 0.15) is 71.1 Å². The van der Waals surface area contributed by atoms with Gasteiger partial charge >= 0.3 is 0 Å². The van der Waals surface area contributed by atoms with Gasteiger partial charge in [-0.05, 0) is 6.42 Å². The van der Waals surface area contributed by atoms with Gasteiger partial charge in [-0.15, -0.1) is 6.58 Å². The molecule has 126 valence electrons. The van der Waals surface area contributed by atoms with Crippen LogP contribution in [0.25, 0.3) is 0 Å². The average molecular weight is 300 g/mol. The Balaban J connectivity index is 3.06. The fourth-order valence-corrected chi connectivity index (χ4v) is 2.25. The molecule has 0 amide bonds. The van der Waals surface area contributed by atoms with Crippen LogP contribution < -0.4 is 0 Å². The quantitative estimate of drug-likeness (QED) is 0.318. The summed E-state index contributed by atoms with van der Waals surface area (Å²) in [6, 6.07) is 0. The van der Waals surface area contributed by atoms with Gasteiger partial charge in [-0.2, -0.15) is 0 Å². The molecule has 0 aromatic carbocycles. The highest BCUT2D eigenvalue weighted by Gasteiger charge is 2.03. The fraction of sp³-hybridized carbons (Fsp3) is 0.889. The molecule has 0 rings (SSSR count). The Bertz CT molecular complexity index is 207. The van der Waals surface area contributed by atoms with E-state index in [1.54, 1.807) is 6.08 Å². The molecule has 0 aromatic rings. The lowest BCUT2D eigenvalue weighted by atomic mass is 10.1. The molecule has 0 bridgehead atoms. The third-order valence-corrected chi connectivity index (χ3v) is 3.50. The Hall–Kier alpha value is -0.380. The molecule has 0 spiro atoms. The van der Waals surface area contributed by atoms with Crippen molar-refractivity contribution in [2.45, 2.75) is 77.2 Å². The molecule has 0 aliphatic carbocycles. The first kappa shape index (κ1) is 20.6. The van der Waals surface area contributed by atoms with E-state index in [2.05, 4.69) is 13.5 Å². The number of unbranched alkanes of at least 4 members (excludes halogenated alkanes) is 9. The van der Waals surface area contributed by atoms with Crippen LogP contribution in [0.15, 0.2) is 12.7 Å². The van der Waals surface area contributed by atoms with Crippen molar-refractivity contribution >= 4 is 0 Å². The maximum atomic E-state index is 9.55. The number of hydrogen-bond donors (Lipinski definition) is 1. The third kappa shape index (κ3) is 17.6. The van der Waals surface area contributed by atoms with E-state index in [0.29, 0.717) is 19.8 Å². The van der Waals surface area contributed by atoms with E-state index in [4.69, 9.17) is 9.47 Å². The highest BCUT2D eigenvalue weighted by Crippen LogP contribution is 2.10. The van der Waals surface area contributed by atoms with E-state index in [1.807, 2.05) is 0 Å². The van der Waals surface area contributed by atoms with Crippen molar-refractivity contribution in [1.82, 2.24) is 0 Å². The lowest BCUT2D eigenvalue weighted by Gasteiger charge is -2.11. The summed E-state index contributed by atoms with van der Waals surface area (Å²) in [5.41, 5.74) is 0. The average Bonchev–Trinajstić information content (AvgIpc) is 2.48. The van der Waals surface area contributed by atoms with Crippen molar-refractivity contribution in [3.63, 3.8) is 0 Å². The number of aliphatic hydroxyl groups is 1. The monoisotopic (exact) mass is 300 g/mol. The van der Waals surface area contributed by atoms with Gasteiger partial charge in [0.1, 0.15) is 6.10 Å². The van der Waals surface area contributed by atoms with Gasteiger partial charge in [-0.25, -0.2) is 0 Å². The van der Waals surface area contributed by atoms with Gasteiger partial charge in [-0.1, -0.05) is 70.8 Å². The van der Waals surface area contributed by atoms with Crippen molar-refractivity contribution in [3.05, 3.63) is 12.7 Å². The van der Waals surface area contributed by atoms with Crippen molar-refractivity contribution < 1.29 is 14.6 Å². The molecule has 3 heteroatoms. The normalized spacial score (nSPS) is 12.5. The molecule has 0 saturated heterocycles. The van der Waals surface area contributed by atoms with Gasteiger partial charge < -0.3 is 14.6 Å². The summed E-state index contributed by atoms with van der Waals surface area (Å²) in [5, 5.41) is 9.55. The Kier molecular flexibility index (Phi) is 17.4. The lowest BCUT2D eigenvalue weighted by Crippen LogP contribution is -2.22. The first-order valence-electron chi connectivity index (χ1n) is 8.75. The van der Waals surface area contributed by atoms with E-state index in [-0.39, 0.29) is 0 Å². The molecule has 1 N–H and O–H groups in total. The minimum Gasteiger partial charge on any atom is -0.388 e. The Labute approximate surface area is 131 Å². The van der Waals surface area contributed by atoms with E-state index in [0.717, 1.165) is 13.0 Å². The van der Waals surface area contributed by atoms with Crippen LogP contribution in [0.2, 0.25) is 0 Å². The predicted molar refractivity (Wildman–Crippen MR) is 89.7 cm³/mol. The SMILES string of the molecule is C=CCOC[C@@H](O)COCCCCCCCCCCCC. The Morgan fingerprint density at radius 2 is 1.38 bits per heavy atom. The summed E-state index contributed by atoms with van der Waals surface area (Å²) in [6.45, 7) is 7.73. The van der Waals surface area contributed by atoms with E-state index in [1.165, 1.54) is 57.8 Å². The van der Waals surface area contributed by atoms with Gasteiger partial charge in [-0.3, -0.25) is 0 Å². The molecule has 0 fully saturated rings. The molecule has 0 saturated carbocycles. The van der Waals surface area contributed by atoms with Crippen molar-refractivity contribution in [2.75, 3.05) is 26.4 Å². The molecule has 0 unspecified atom stereocenters. The molecular weight excluding hydrogens is 264 g/mol. The molecule has 0 aliphatic heterocycles. The van der Waals surface area contributed by atoms with Crippen LogP contribution in [0.4, 0.5) is 0 Å². The zero-order valence-electron chi connectivity index (χ0n) is 14.0. The summed E-state index contributed by atoms with van der Waals surface area (Å²) < 4.78 is 10.6. The summed E-state index contributed by atoms with van der Waals surface area (Å²) in [7, 11) is 0. The van der Waals surface area contributed by atoms with Gasteiger partial charge in [0, 0.05) is 6.61 Å². The summed E-state index contributed by atoms with van der Waals surface area (Å²) in [5.74, 6) is 0. The van der Waals surface area contributed by atoms with Gasteiger partial charge in [0.05, 0.1) is 19.8 Å². The maximum absolute atomic E-state index is 9.55. The topological polar surface area (TPSA) is 38.7 Å². The van der Waals surface area contributed by atoms with E-state index in [9.17, 15) is 5.11 Å². The molecule has 0 aromatic heterocycles. The van der Waals surface area contributed by atoms with Crippen LogP contribution >= 0.6 is 0 Å². The van der Waals surface area contributed by atoms with Crippen molar-refractivity contribution in [2.24, 2.45) is 0 Å². The molecule has 21 heavy (non-hydrogen) atoms. The first-order chi connectivity index (χ1) is 10.3. The molecule has 0 aliphatic rings. The first-order valence-corrected chi connectivity index (χ1v) is 8.75. The van der Waals surface area contributed by atoms with Gasteiger partial charge in [0.15, 0.2) is 0 Å². The lowest BCUT2D eigenvalue weighted by molar-refractivity contribution is -0.0137. The second-order valence-electron chi connectivity index (χ2n) is 5.74. The van der Waals surface area contributed by atoms with Crippen molar-refractivity contribution in [1.29, 1.82) is 0 Å². The fourth-order valence-electron chi connectivity index (χ4n) is 2.25. The molecule has 1 atom stereocenters. The van der Waals surface area contributed by atoms with Crippen LogP contribution in [0, 0.1) is 0 Å². The van der Waals surface area contributed by atoms with E-state index < -0.39 is 6.10 Å². The molecule has 0 heterocycles.